The molecule has 0 aromatic heterocycles. The third-order valence-corrected chi connectivity index (χ3v) is 14.8. The lowest BCUT2D eigenvalue weighted by atomic mass is 9.72. The first-order valence-corrected chi connectivity index (χ1v) is 21.1. The molecule has 0 unspecified atom stereocenters. The van der Waals surface area contributed by atoms with Gasteiger partial charge in [0.2, 0.25) is 5.79 Å². The van der Waals surface area contributed by atoms with Gasteiger partial charge in [-0.15, -0.1) is 0 Å². The van der Waals surface area contributed by atoms with E-state index in [0.29, 0.717) is 51.4 Å². The number of aliphatic carboxylic acids is 1. The summed E-state index contributed by atoms with van der Waals surface area (Å²) >= 11 is 0. The second-order valence-electron chi connectivity index (χ2n) is 18.5. The third kappa shape index (κ3) is 7.88. The number of carbonyl (C=O) groups excluding carboxylic acids is 1. The summed E-state index contributed by atoms with van der Waals surface area (Å²) in [6.07, 6.45) is 4.75. The number of ether oxygens (including phenoxy) is 5. The van der Waals surface area contributed by atoms with Crippen molar-refractivity contribution in [3.8, 4) is 0 Å². The predicted molar refractivity (Wildman–Crippen MR) is 203 cm³/mol. The molecule has 4 N–H and O–H groups in total. The monoisotopic (exact) mass is 765 g/mol. The van der Waals surface area contributed by atoms with Gasteiger partial charge in [0, 0.05) is 30.1 Å². The Morgan fingerprint density at radius 2 is 1.48 bits per heavy atom. The van der Waals surface area contributed by atoms with Crippen LogP contribution in [0.15, 0.2) is 12.2 Å². The van der Waals surface area contributed by atoms with Crippen molar-refractivity contribution in [1.29, 1.82) is 0 Å². The van der Waals surface area contributed by atoms with Crippen LogP contribution in [0.3, 0.4) is 0 Å². The minimum absolute atomic E-state index is 0.0104. The summed E-state index contributed by atoms with van der Waals surface area (Å²) in [7, 11) is 0. The summed E-state index contributed by atoms with van der Waals surface area (Å²) < 4.78 is 33.6. The average molecular weight is 765 g/mol. The maximum atomic E-state index is 14.5. The van der Waals surface area contributed by atoms with Gasteiger partial charge in [-0.1, -0.05) is 62.3 Å². The fourth-order valence-electron chi connectivity index (χ4n) is 10.9. The molecule has 2 spiro atoms. The van der Waals surface area contributed by atoms with E-state index < -0.39 is 76.8 Å². The number of hydrogen-bond acceptors (Lipinski definition) is 10. The van der Waals surface area contributed by atoms with Gasteiger partial charge in [-0.05, 0) is 95.1 Å². The first kappa shape index (κ1) is 43.7. The van der Waals surface area contributed by atoms with Crippen molar-refractivity contribution in [3.05, 3.63) is 12.2 Å². The van der Waals surface area contributed by atoms with Crippen molar-refractivity contribution >= 4 is 11.8 Å². The van der Waals surface area contributed by atoms with Crippen LogP contribution in [0.4, 0.5) is 0 Å². The van der Waals surface area contributed by atoms with Gasteiger partial charge in [-0.3, -0.25) is 9.59 Å². The number of rotatable bonds is 12. The molecule has 11 heteroatoms. The Morgan fingerprint density at radius 3 is 2.07 bits per heavy atom. The second kappa shape index (κ2) is 16.4. The van der Waals surface area contributed by atoms with Crippen molar-refractivity contribution in [1.82, 2.24) is 0 Å². The van der Waals surface area contributed by atoms with Gasteiger partial charge in [0.05, 0.1) is 53.7 Å². The van der Waals surface area contributed by atoms with E-state index >= 15 is 0 Å². The lowest BCUT2D eigenvalue weighted by Crippen LogP contribution is -2.63. The van der Waals surface area contributed by atoms with E-state index in [1.54, 1.807) is 19.1 Å². The minimum atomic E-state index is -1.37. The van der Waals surface area contributed by atoms with E-state index in [1.165, 1.54) is 0 Å². The first-order valence-electron chi connectivity index (χ1n) is 21.1. The van der Waals surface area contributed by atoms with E-state index in [9.17, 15) is 30.0 Å². The molecule has 11 nitrogen and oxygen atoms in total. The van der Waals surface area contributed by atoms with Crippen LogP contribution in [0.5, 0.6) is 0 Å². The van der Waals surface area contributed by atoms with Gasteiger partial charge >= 0.3 is 5.97 Å². The highest BCUT2D eigenvalue weighted by molar-refractivity contribution is 5.84. The highest BCUT2D eigenvalue weighted by Gasteiger charge is 2.63. The van der Waals surface area contributed by atoms with E-state index in [4.69, 9.17) is 23.7 Å². The summed E-state index contributed by atoms with van der Waals surface area (Å²) in [5, 5.41) is 44.2. The number of carbonyl (C=O) groups is 2. The number of carboxylic acids is 1. The van der Waals surface area contributed by atoms with Crippen LogP contribution in [0.1, 0.15) is 134 Å². The summed E-state index contributed by atoms with van der Waals surface area (Å²) in [6.45, 7) is 21.7. The normalized spacial score (nSPS) is 46.9. The topological polar surface area (TPSA) is 161 Å². The number of carboxylic acid groups (broad SMARTS) is 1. The number of ketones is 1. The van der Waals surface area contributed by atoms with Crippen LogP contribution >= 0.6 is 0 Å². The SMILES string of the molecule is CC[C@@H](C(=O)O)[C@@H]1O[C@@H]([C@@H](C)[C@H](O)[C@H](C)C(=O)[C@H](CC)[C@H]2O[C@]3(C=C[C@@H](O)[C@]4(CC[C@@](C)([C@H]5CC[C@](O)(CC)[C@H](C)O5)O4)O3)[C@H](C)C[C@@H]2C)[C@@H](C)C[C@@H]1C. The lowest BCUT2D eigenvalue weighted by molar-refractivity contribution is -0.409. The van der Waals surface area contributed by atoms with Crippen molar-refractivity contribution < 1.29 is 53.7 Å². The quantitative estimate of drug-likeness (QED) is 0.162. The van der Waals surface area contributed by atoms with E-state index in [2.05, 4.69) is 20.8 Å². The first-order chi connectivity index (χ1) is 25.2. The van der Waals surface area contributed by atoms with E-state index in [0.717, 1.165) is 6.42 Å². The molecule has 310 valence electrons. The van der Waals surface area contributed by atoms with E-state index in [1.807, 2.05) is 48.5 Å². The fraction of sp³-hybridized carbons (Fsp3) is 0.907. The highest BCUT2D eigenvalue weighted by atomic mass is 16.8. The molecule has 0 aromatic rings. The van der Waals surface area contributed by atoms with Crippen LogP contribution in [0, 0.1) is 47.3 Å². The van der Waals surface area contributed by atoms with Crippen molar-refractivity contribution in [3.63, 3.8) is 0 Å². The fourth-order valence-corrected chi connectivity index (χ4v) is 10.9. The van der Waals surface area contributed by atoms with Crippen molar-refractivity contribution in [2.75, 3.05) is 0 Å². The highest BCUT2D eigenvalue weighted by Crippen LogP contribution is 2.54. The van der Waals surface area contributed by atoms with Gasteiger partial charge < -0.3 is 44.1 Å². The summed E-state index contributed by atoms with van der Waals surface area (Å²) in [5.74, 6) is -5.80. The van der Waals surface area contributed by atoms with Crippen LogP contribution in [-0.2, 0) is 33.3 Å². The van der Waals surface area contributed by atoms with Crippen molar-refractivity contribution in [2.24, 2.45) is 47.3 Å². The Bertz CT molecular complexity index is 1360. The van der Waals surface area contributed by atoms with Crippen LogP contribution in [0.25, 0.3) is 0 Å². The van der Waals surface area contributed by atoms with Gasteiger partial charge in [0.25, 0.3) is 0 Å². The maximum Gasteiger partial charge on any atom is 0.309 e. The zero-order valence-electron chi connectivity index (χ0n) is 34.8. The summed E-state index contributed by atoms with van der Waals surface area (Å²) in [5.41, 5.74) is -1.63. The third-order valence-electron chi connectivity index (χ3n) is 14.8. The predicted octanol–water partition coefficient (Wildman–Crippen LogP) is 6.43. The molecular formula is C43H72O11. The molecular weight excluding hydrogens is 692 g/mol. The molecule has 4 saturated heterocycles. The Morgan fingerprint density at radius 1 is 0.852 bits per heavy atom. The minimum Gasteiger partial charge on any atom is -0.481 e. The largest absolute Gasteiger partial charge is 0.481 e. The van der Waals surface area contributed by atoms with E-state index in [-0.39, 0.29) is 47.8 Å². The number of aliphatic hydroxyl groups excluding tert-OH is 2. The van der Waals surface area contributed by atoms with Crippen LogP contribution in [-0.4, -0.2) is 97.7 Å². The Balaban J connectivity index is 1.32. The molecule has 4 fully saturated rings. The molecule has 0 saturated carbocycles. The molecule has 5 aliphatic heterocycles. The summed E-state index contributed by atoms with van der Waals surface area (Å²) in [6, 6.07) is 0. The summed E-state index contributed by atoms with van der Waals surface area (Å²) in [4.78, 5) is 26.6. The maximum absolute atomic E-state index is 14.5. The molecule has 0 bridgehead atoms. The molecule has 54 heavy (non-hydrogen) atoms. The van der Waals surface area contributed by atoms with Crippen LogP contribution < -0.4 is 0 Å². The number of hydrogen-bond donors (Lipinski definition) is 4. The molecule has 0 aliphatic carbocycles. The smallest absolute Gasteiger partial charge is 0.309 e. The second-order valence-corrected chi connectivity index (χ2v) is 18.5. The Kier molecular flexibility index (Phi) is 13.3. The zero-order valence-corrected chi connectivity index (χ0v) is 34.8. The molecule has 19 atom stereocenters. The van der Waals surface area contributed by atoms with Gasteiger partial charge in [-0.2, -0.15) is 0 Å². The van der Waals surface area contributed by atoms with Gasteiger partial charge in [-0.25, -0.2) is 0 Å². The lowest BCUT2D eigenvalue weighted by Gasteiger charge is -2.54. The molecule has 5 heterocycles. The van der Waals surface area contributed by atoms with Crippen LogP contribution in [0.2, 0.25) is 0 Å². The number of Topliss-reactive ketones (excluding diaryl/α,β-unsaturated/α-hetero) is 1. The molecule has 0 aromatic carbocycles. The van der Waals surface area contributed by atoms with Gasteiger partial charge in [0.1, 0.15) is 11.9 Å². The standard InChI is InChI=1S/C43H72O11/c1-12-30(35(46)27(8)34(45)28(9)36-23(4)21-24(5)37(51-36)31(13-2)39(47)48)38-25(6)22-26(7)42(52-38)18-15-32(44)43(54-42)20-19-40(11,53-43)33-16-17-41(49,14-3)29(10)50-33/h15,18,23-34,36-38,44-45,49H,12-14,16-17,19-22H2,1-11H3,(H,47,48)/t23-,24-,25-,26+,27-,28-,29-,30-,31+,32+,33+,34+,36+,37+,38-,40-,41+,42-,43-/m0/s1. The Labute approximate surface area is 323 Å². The van der Waals surface area contributed by atoms with Gasteiger partial charge in [0.15, 0.2) is 5.79 Å². The average Bonchev–Trinajstić information content (AvgIpc) is 3.47. The molecule has 0 radical (unpaired) electrons. The zero-order chi connectivity index (χ0) is 40.1. The molecule has 5 aliphatic rings. The molecule has 5 rings (SSSR count). The Hall–Kier alpha value is -1.44. The van der Waals surface area contributed by atoms with Crippen molar-refractivity contribution in [2.45, 2.75) is 199 Å². The number of aliphatic hydroxyl groups is 3. The molecule has 0 amide bonds.